The van der Waals surface area contributed by atoms with Gasteiger partial charge in [-0.15, -0.1) is 0 Å². The number of hydrogen-bond donors (Lipinski definition) is 0. The van der Waals surface area contributed by atoms with E-state index in [4.69, 9.17) is 0 Å². The number of para-hydroxylation sites is 1. The smallest absolute Gasteiger partial charge is 0.0540 e. The molecule has 0 aromatic heterocycles. The molecule has 2 atom stereocenters. The molecule has 1 heteroatoms. The monoisotopic (exact) mass is 793 g/mol. The van der Waals surface area contributed by atoms with Crippen molar-refractivity contribution in [2.45, 2.75) is 43.9 Å². The van der Waals surface area contributed by atoms with Crippen molar-refractivity contribution in [3.05, 3.63) is 257 Å². The summed E-state index contributed by atoms with van der Waals surface area (Å²) in [6, 6.07) is 79.6. The summed E-state index contributed by atoms with van der Waals surface area (Å²) >= 11 is 0. The topological polar surface area (TPSA) is 3.24 Å². The molecule has 0 spiro atoms. The van der Waals surface area contributed by atoms with E-state index in [2.05, 4.69) is 245 Å². The third-order valence-electron chi connectivity index (χ3n) is 14.9. The first-order valence-electron chi connectivity index (χ1n) is 22.0. The van der Waals surface area contributed by atoms with Crippen LogP contribution in [0.2, 0.25) is 0 Å². The summed E-state index contributed by atoms with van der Waals surface area (Å²) in [6.45, 7) is 9.58. The van der Waals surface area contributed by atoms with Crippen LogP contribution in [0.15, 0.2) is 212 Å². The Labute approximate surface area is 365 Å². The summed E-state index contributed by atoms with van der Waals surface area (Å²) in [5, 5.41) is 0. The van der Waals surface area contributed by atoms with E-state index in [1.807, 2.05) is 0 Å². The van der Waals surface area contributed by atoms with Crippen molar-refractivity contribution in [2.24, 2.45) is 0 Å². The molecule has 12 rings (SSSR count). The van der Waals surface area contributed by atoms with E-state index in [9.17, 15) is 0 Å². The predicted molar refractivity (Wildman–Crippen MR) is 259 cm³/mol. The molecule has 0 amide bonds. The second-order valence-electron chi connectivity index (χ2n) is 18.3. The van der Waals surface area contributed by atoms with Crippen LogP contribution < -0.4 is 4.90 Å². The van der Waals surface area contributed by atoms with E-state index >= 15 is 0 Å². The van der Waals surface area contributed by atoms with Crippen LogP contribution in [0.4, 0.5) is 17.1 Å². The molecule has 0 saturated heterocycles. The second-order valence-corrected chi connectivity index (χ2v) is 18.3. The highest BCUT2D eigenvalue weighted by Crippen LogP contribution is 2.57. The van der Waals surface area contributed by atoms with Crippen LogP contribution in [0.1, 0.15) is 72.2 Å². The summed E-state index contributed by atoms with van der Waals surface area (Å²) in [6.07, 6.45) is 0. The fraction of sp³-hybridized carbons (Fsp3) is 0.115. The van der Waals surface area contributed by atoms with E-state index < -0.39 is 0 Å². The lowest BCUT2D eigenvalue weighted by Gasteiger charge is -2.32. The molecule has 0 N–H and O–H groups in total. The molecule has 0 bridgehead atoms. The van der Waals surface area contributed by atoms with Gasteiger partial charge < -0.3 is 4.90 Å². The minimum absolute atomic E-state index is 0.143. The van der Waals surface area contributed by atoms with E-state index in [1.165, 1.54) is 89.0 Å². The number of anilines is 3. The van der Waals surface area contributed by atoms with Gasteiger partial charge in [0.15, 0.2) is 0 Å². The van der Waals surface area contributed by atoms with Crippen molar-refractivity contribution in [3.63, 3.8) is 0 Å². The molecule has 0 aliphatic heterocycles. The Balaban J connectivity index is 1.09. The van der Waals surface area contributed by atoms with E-state index in [0.717, 1.165) is 17.1 Å². The van der Waals surface area contributed by atoms with Gasteiger partial charge in [-0.05, 0) is 134 Å². The number of hydrogen-bond acceptors (Lipinski definition) is 1. The van der Waals surface area contributed by atoms with E-state index in [-0.39, 0.29) is 16.2 Å². The zero-order valence-electron chi connectivity index (χ0n) is 35.7. The third-order valence-corrected chi connectivity index (χ3v) is 14.9. The maximum Gasteiger partial charge on any atom is 0.0540 e. The second kappa shape index (κ2) is 13.4. The van der Waals surface area contributed by atoms with Crippen molar-refractivity contribution < 1.29 is 0 Å². The zero-order valence-corrected chi connectivity index (χ0v) is 35.7. The minimum Gasteiger partial charge on any atom is -0.310 e. The van der Waals surface area contributed by atoms with Crippen molar-refractivity contribution in [1.29, 1.82) is 0 Å². The first-order chi connectivity index (χ1) is 30.3. The number of fused-ring (bicyclic) bond motifs is 9. The summed E-state index contributed by atoms with van der Waals surface area (Å²) < 4.78 is 0. The molecule has 62 heavy (non-hydrogen) atoms. The molecule has 1 nitrogen and oxygen atoms in total. The van der Waals surface area contributed by atoms with Gasteiger partial charge in [0.2, 0.25) is 0 Å². The Morgan fingerprint density at radius 3 is 1.24 bits per heavy atom. The van der Waals surface area contributed by atoms with Gasteiger partial charge in [-0.1, -0.05) is 190 Å². The molecule has 296 valence electrons. The molecule has 2 unspecified atom stereocenters. The minimum atomic E-state index is -0.327. The van der Waals surface area contributed by atoms with Crippen LogP contribution >= 0.6 is 0 Å². The van der Waals surface area contributed by atoms with Crippen LogP contribution in [0.5, 0.6) is 0 Å². The van der Waals surface area contributed by atoms with Gasteiger partial charge >= 0.3 is 0 Å². The van der Waals surface area contributed by atoms with E-state index in [0.29, 0.717) is 0 Å². The van der Waals surface area contributed by atoms with Gasteiger partial charge in [0, 0.05) is 33.2 Å². The van der Waals surface area contributed by atoms with Crippen LogP contribution in [0.3, 0.4) is 0 Å². The quantitative estimate of drug-likeness (QED) is 0.162. The van der Waals surface area contributed by atoms with Gasteiger partial charge in [0.05, 0.1) is 5.69 Å². The predicted octanol–water partition coefficient (Wildman–Crippen LogP) is 15.8. The largest absolute Gasteiger partial charge is 0.310 e. The van der Waals surface area contributed by atoms with Gasteiger partial charge in [-0.25, -0.2) is 0 Å². The van der Waals surface area contributed by atoms with Gasteiger partial charge in [-0.3, -0.25) is 0 Å². The Bertz CT molecular complexity index is 3250. The molecule has 3 aliphatic rings. The molecule has 0 fully saturated rings. The lowest BCUT2D eigenvalue weighted by Crippen LogP contribution is -2.23. The summed E-state index contributed by atoms with van der Waals surface area (Å²) in [7, 11) is 0. The van der Waals surface area contributed by atoms with Gasteiger partial charge in [-0.2, -0.15) is 0 Å². The average Bonchev–Trinajstić information content (AvgIpc) is 3.84. The molecule has 0 radical (unpaired) electrons. The molecule has 9 aromatic carbocycles. The first-order valence-corrected chi connectivity index (χ1v) is 22.0. The molecular formula is C61H47N. The van der Waals surface area contributed by atoms with Gasteiger partial charge in [0.1, 0.15) is 0 Å². The van der Waals surface area contributed by atoms with Crippen molar-refractivity contribution >= 4 is 17.1 Å². The van der Waals surface area contributed by atoms with Crippen LogP contribution in [0, 0.1) is 0 Å². The van der Waals surface area contributed by atoms with Crippen LogP contribution in [-0.2, 0) is 16.2 Å². The molecular weight excluding hydrogens is 747 g/mol. The number of rotatable bonds is 6. The normalized spacial score (nSPS) is 18.3. The fourth-order valence-corrected chi connectivity index (χ4v) is 11.6. The van der Waals surface area contributed by atoms with Gasteiger partial charge in [0.25, 0.3) is 0 Å². The van der Waals surface area contributed by atoms with Crippen molar-refractivity contribution in [3.8, 4) is 44.5 Å². The molecule has 0 saturated carbocycles. The maximum atomic E-state index is 2.53. The zero-order chi connectivity index (χ0) is 41.8. The lowest BCUT2D eigenvalue weighted by molar-refractivity contribution is 0.660. The molecule has 0 heterocycles. The summed E-state index contributed by atoms with van der Waals surface area (Å²) in [5.41, 5.74) is 23.7. The Hall–Kier alpha value is -7.22. The SMILES string of the molecule is CC1(C)c2ccccc2-c2ccc(N(c3ccc4c(c3)C(C)(c3ccccc3)c3ccccc3-4)c3ccccc3-c3ccc4c(c3)C(C)(c3ccccc3)c3ccccc3-4)cc21. The molecule has 9 aromatic rings. The fourth-order valence-electron chi connectivity index (χ4n) is 11.6. The average molecular weight is 794 g/mol. The number of nitrogens with zero attached hydrogens (tertiary/aromatic N) is 1. The maximum absolute atomic E-state index is 2.53. The Morgan fingerprint density at radius 2 is 0.677 bits per heavy atom. The highest BCUT2D eigenvalue weighted by Gasteiger charge is 2.43. The first kappa shape index (κ1) is 36.6. The summed E-state index contributed by atoms with van der Waals surface area (Å²) in [4.78, 5) is 2.53. The van der Waals surface area contributed by atoms with Crippen molar-refractivity contribution in [1.82, 2.24) is 0 Å². The van der Waals surface area contributed by atoms with Crippen LogP contribution in [-0.4, -0.2) is 0 Å². The highest BCUT2D eigenvalue weighted by molar-refractivity contribution is 5.94. The Morgan fingerprint density at radius 1 is 0.290 bits per heavy atom. The Kier molecular flexibility index (Phi) is 7.91. The third kappa shape index (κ3) is 5.03. The highest BCUT2D eigenvalue weighted by atomic mass is 15.1. The van der Waals surface area contributed by atoms with E-state index in [1.54, 1.807) is 0 Å². The van der Waals surface area contributed by atoms with Crippen molar-refractivity contribution in [2.75, 3.05) is 4.90 Å². The number of benzene rings is 9. The standard InChI is InChI=1S/C61H47N/c1-59(2)52-27-15-11-24-46(52)49-35-32-43(38-55(49)59)62(44-33-36-51-48-26-13-17-29-54(48)61(4,57(51)39-44)42-21-9-6-10-22-42)58-30-18-14-23-45(58)40-31-34-50-47-25-12-16-28-53(47)60(3,56(50)37-40)41-19-7-5-8-20-41/h5-39H,1-4H3. The van der Waals surface area contributed by atoms with Crippen LogP contribution in [0.25, 0.3) is 44.5 Å². The lowest BCUT2D eigenvalue weighted by atomic mass is 9.74. The summed E-state index contributed by atoms with van der Waals surface area (Å²) in [5.74, 6) is 0. The molecule has 3 aliphatic carbocycles.